The smallest absolute Gasteiger partial charge is 0.264 e. The monoisotopic (exact) mass is 645 g/mol. The molecule has 45 heavy (non-hydrogen) atoms. The molecule has 1 atom stereocenters. The molecule has 4 aromatic rings. The largest absolute Gasteiger partial charge is 0.352 e. The van der Waals surface area contributed by atoms with Crippen molar-refractivity contribution in [2.45, 2.75) is 64.6 Å². The van der Waals surface area contributed by atoms with Gasteiger partial charge in [0.25, 0.3) is 10.0 Å². The van der Waals surface area contributed by atoms with Crippen molar-refractivity contribution in [3.8, 4) is 0 Å². The van der Waals surface area contributed by atoms with Gasteiger partial charge in [0.2, 0.25) is 11.8 Å². The van der Waals surface area contributed by atoms with E-state index in [1.54, 1.807) is 54.6 Å². The normalized spacial score (nSPS) is 12.1. The van der Waals surface area contributed by atoms with Gasteiger partial charge in [-0.3, -0.25) is 13.9 Å². The van der Waals surface area contributed by atoms with Gasteiger partial charge in [-0.05, 0) is 81.1 Å². The van der Waals surface area contributed by atoms with Crippen LogP contribution in [-0.4, -0.2) is 43.8 Å². The molecule has 0 heterocycles. The van der Waals surface area contributed by atoms with Gasteiger partial charge in [0.05, 0.1) is 10.6 Å². The van der Waals surface area contributed by atoms with E-state index in [-0.39, 0.29) is 29.8 Å². The lowest BCUT2D eigenvalue weighted by Gasteiger charge is -2.34. The maximum Gasteiger partial charge on any atom is 0.264 e. The molecule has 0 spiro atoms. The van der Waals surface area contributed by atoms with E-state index in [1.165, 1.54) is 4.90 Å². The Bertz CT molecular complexity index is 1740. The van der Waals surface area contributed by atoms with Gasteiger partial charge in [-0.25, -0.2) is 8.42 Å². The summed E-state index contributed by atoms with van der Waals surface area (Å²) in [5.74, 6) is -0.875. The van der Waals surface area contributed by atoms with Crippen LogP contribution in [0.4, 0.5) is 5.69 Å². The van der Waals surface area contributed by atoms with Gasteiger partial charge in [0, 0.05) is 24.0 Å². The van der Waals surface area contributed by atoms with E-state index in [9.17, 15) is 18.0 Å². The van der Waals surface area contributed by atoms with E-state index in [1.807, 2.05) is 77.1 Å². The Morgan fingerprint density at radius 2 is 1.47 bits per heavy atom. The van der Waals surface area contributed by atoms with E-state index in [2.05, 4.69) is 5.32 Å². The first-order valence-corrected chi connectivity index (χ1v) is 16.7. The number of sulfonamides is 1. The van der Waals surface area contributed by atoms with Gasteiger partial charge in [0.15, 0.2) is 0 Å². The number of nitrogens with one attached hydrogen (secondary N) is 1. The Hall–Kier alpha value is -4.14. The highest BCUT2D eigenvalue weighted by atomic mass is 35.5. The van der Waals surface area contributed by atoms with E-state index in [0.29, 0.717) is 16.3 Å². The van der Waals surface area contributed by atoms with Crippen molar-refractivity contribution < 1.29 is 18.0 Å². The van der Waals surface area contributed by atoms with Crippen LogP contribution in [0.15, 0.2) is 102 Å². The highest BCUT2D eigenvalue weighted by molar-refractivity contribution is 7.92. The number of benzene rings is 4. The molecule has 9 heteroatoms. The van der Waals surface area contributed by atoms with E-state index in [4.69, 9.17) is 11.6 Å². The molecule has 7 nitrogen and oxygen atoms in total. The van der Waals surface area contributed by atoms with Crippen LogP contribution in [-0.2, 0) is 32.6 Å². The first-order chi connectivity index (χ1) is 21.4. The van der Waals surface area contributed by atoms with Crippen LogP contribution in [0.25, 0.3) is 0 Å². The number of anilines is 1. The maximum atomic E-state index is 14.6. The van der Waals surface area contributed by atoms with Crippen LogP contribution in [0.5, 0.6) is 0 Å². The Balaban J connectivity index is 1.85. The fraction of sp³-hybridized carbons (Fsp3) is 0.278. The van der Waals surface area contributed by atoms with Crippen LogP contribution in [0, 0.1) is 20.8 Å². The molecule has 1 N–H and O–H groups in total. The lowest BCUT2D eigenvalue weighted by atomic mass is 10.0. The molecular formula is C36H40ClN3O4S. The third-order valence-electron chi connectivity index (χ3n) is 7.73. The van der Waals surface area contributed by atoms with Gasteiger partial charge in [-0.2, -0.15) is 0 Å². The zero-order valence-corrected chi connectivity index (χ0v) is 27.9. The second kappa shape index (κ2) is 14.8. The molecular weight excluding hydrogens is 606 g/mol. The molecule has 0 aliphatic rings. The number of aryl methyl sites for hydroxylation is 2. The van der Waals surface area contributed by atoms with Gasteiger partial charge < -0.3 is 10.2 Å². The lowest BCUT2D eigenvalue weighted by Crippen LogP contribution is -2.54. The van der Waals surface area contributed by atoms with Crippen LogP contribution in [0.2, 0.25) is 5.02 Å². The average molecular weight is 646 g/mol. The number of rotatable bonds is 12. The molecule has 0 radical (unpaired) electrons. The molecule has 4 rings (SSSR count). The summed E-state index contributed by atoms with van der Waals surface area (Å²) in [4.78, 5) is 29.9. The fourth-order valence-corrected chi connectivity index (χ4v) is 6.77. The van der Waals surface area contributed by atoms with E-state index >= 15 is 0 Å². The van der Waals surface area contributed by atoms with Gasteiger partial charge in [-0.1, -0.05) is 90.0 Å². The van der Waals surface area contributed by atoms with Crippen molar-refractivity contribution in [3.05, 3.63) is 130 Å². The molecule has 0 aromatic heterocycles. The summed E-state index contributed by atoms with van der Waals surface area (Å²) in [6, 6.07) is 27.4. The minimum atomic E-state index is -4.18. The van der Waals surface area contributed by atoms with Crippen LogP contribution >= 0.6 is 11.6 Å². The Morgan fingerprint density at radius 1 is 0.822 bits per heavy atom. The fourth-order valence-electron chi connectivity index (χ4n) is 5.10. The summed E-state index contributed by atoms with van der Waals surface area (Å²) < 4.78 is 29.7. The second-order valence-electron chi connectivity index (χ2n) is 11.5. The molecule has 4 aromatic carbocycles. The predicted molar refractivity (Wildman–Crippen MR) is 181 cm³/mol. The Kier molecular flexibility index (Phi) is 11.1. The molecule has 1 unspecified atom stereocenters. The standard InChI is InChI=1S/C36H40ClN3O4S/c1-25(2)38-36(42)34(22-29-13-7-6-8-14-29)39(23-30-15-9-10-16-32(30)37)35(41)24-40(33-17-11-12-27(4)28(33)5)45(43,44)31-20-18-26(3)19-21-31/h6-21,25,34H,22-24H2,1-5H3,(H,38,42). The van der Waals surface area contributed by atoms with Crippen molar-refractivity contribution in [1.29, 1.82) is 0 Å². The number of carbonyl (C=O) groups is 2. The zero-order chi connectivity index (χ0) is 32.7. The number of hydrogen-bond donors (Lipinski definition) is 1. The van der Waals surface area contributed by atoms with Crippen LogP contribution < -0.4 is 9.62 Å². The SMILES string of the molecule is Cc1ccc(S(=O)(=O)N(CC(=O)N(Cc2ccccc2Cl)C(Cc2ccccc2)C(=O)NC(C)C)c2cccc(C)c2C)cc1. The summed E-state index contributed by atoms with van der Waals surface area (Å²) in [6.07, 6.45) is 0.226. The summed E-state index contributed by atoms with van der Waals surface area (Å²) in [5, 5.41) is 3.41. The van der Waals surface area contributed by atoms with Crippen LogP contribution in [0.1, 0.15) is 41.7 Å². The van der Waals surface area contributed by atoms with Crippen LogP contribution in [0.3, 0.4) is 0 Å². The molecule has 0 saturated heterocycles. The number of carbonyl (C=O) groups excluding carboxylic acids is 2. The quantitative estimate of drug-likeness (QED) is 0.188. The third-order valence-corrected chi connectivity index (χ3v) is 9.88. The number of nitrogens with zero attached hydrogens (tertiary/aromatic N) is 2. The number of hydrogen-bond acceptors (Lipinski definition) is 4. The summed E-state index contributed by atoms with van der Waals surface area (Å²) in [5.41, 5.74) is 4.42. The topological polar surface area (TPSA) is 86.8 Å². The van der Waals surface area contributed by atoms with E-state index in [0.717, 1.165) is 26.6 Å². The molecule has 0 aliphatic heterocycles. The molecule has 2 amide bonds. The molecule has 0 aliphatic carbocycles. The number of amides is 2. The Morgan fingerprint density at radius 3 is 2.11 bits per heavy atom. The van der Waals surface area contributed by atoms with Crippen molar-refractivity contribution in [2.75, 3.05) is 10.8 Å². The molecule has 236 valence electrons. The zero-order valence-electron chi connectivity index (χ0n) is 26.3. The number of halogens is 1. The second-order valence-corrected chi connectivity index (χ2v) is 13.8. The molecule has 0 bridgehead atoms. The van der Waals surface area contributed by atoms with Gasteiger partial charge in [0.1, 0.15) is 12.6 Å². The van der Waals surface area contributed by atoms with Crippen molar-refractivity contribution in [1.82, 2.24) is 10.2 Å². The highest BCUT2D eigenvalue weighted by Gasteiger charge is 2.35. The third kappa shape index (κ3) is 8.32. The van der Waals surface area contributed by atoms with E-state index < -0.39 is 28.5 Å². The molecule has 0 fully saturated rings. The summed E-state index contributed by atoms with van der Waals surface area (Å²) in [6.45, 7) is 8.81. The first kappa shape index (κ1) is 33.7. The Labute approximate surface area is 271 Å². The maximum absolute atomic E-state index is 14.6. The summed E-state index contributed by atoms with van der Waals surface area (Å²) >= 11 is 6.56. The van der Waals surface area contributed by atoms with Crippen molar-refractivity contribution in [3.63, 3.8) is 0 Å². The lowest BCUT2D eigenvalue weighted by molar-refractivity contribution is -0.140. The van der Waals surface area contributed by atoms with Gasteiger partial charge >= 0.3 is 0 Å². The minimum Gasteiger partial charge on any atom is -0.352 e. The van der Waals surface area contributed by atoms with Gasteiger partial charge in [-0.15, -0.1) is 0 Å². The van der Waals surface area contributed by atoms with Crippen molar-refractivity contribution >= 4 is 39.1 Å². The van der Waals surface area contributed by atoms with Crippen molar-refractivity contribution in [2.24, 2.45) is 0 Å². The predicted octanol–water partition coefficient (Wildman–Crippen LogP) is 6.63. The molecule has 0 saturated carbocycles. The average Bonchev–Trinajstić information content (AvgIpc) is 3.00. The first-order valence-electron chi connectivity index (χ1n) is 14.9. The minimum absolute atomic E-state index is 0.00669. The summed E-state index contributed by atoms with van der Waals surface area (Å²) in [7, 11) is -4.18. The highest BCUT2D eigenvalue weighted by Crippen LogP contribution is 2.30.